The molecule has 0 spiro atoms. The minimum Gasteiger partial charge on any atom is -0.465 e. The molecule has 14 heteroatoms. The van der Waals surface area contributed by atoms with Gasteiger partial charge in [0.15, 0.2) is 5.82 Å². The molecule has 0 aromatic carbocycles. The fraction of sp³-hybridized carbons (Fsp3) is 0.294. The van der Waals surface area contributed by atoms with Gasteiger partial charge in [0.25, 0.3) is 10.8 Å². The number of carbonyl (C=O) groups is 2. The molecule has 11 nitrogen and oxygen atoms in total. The smallest absolute Gasteiger partial charge is 0.409 e. The third-order valence-electron chi connectivity index (χ3n) is 4.76. The zero-order valence-corrected chi connectivity index (χ0v) is 16.7. The lowest BCUT2D eigenvalue weighted by Gasteiger charge is -2.09. The fourth-order valence-corrected chi connectivity index (χ4v) is 3.34. The van der Waals surface area contributed by atoms with Crippen LogP contribution >= 0.6 is 12.2 Å². The Kier molecular flexibility index (Phi) is 4.80. The second kappa shape index (κ2) is 7.23. The van der Waals surface area contributed by atoms with Gasteiger partial charge in [-0.3, -0.25) is 15.1 Å². The lowest BCUT2D eigenvalue weighted by atomic mass is 10.2. The van der Waals surface area contributed by atoms with Gasteiger partial charge in [-0.05, 0) is 38.2 Å². The van der Waals surface area contributed by atoms with Crippen LogP contribution < -0.4 is 10.6 Å². The predicted octanol–water partition coefficient (Wildman–Crippen LogP) is 3.48. The molecule has 4 rings (SSSR count). The number of anilines is 2. The van der Waals surface area contributed by atoms with E-state index in [1.165, 1.54) is 12.1 Å². The molecule has 4 N–H and O–H groups in total. The van der Waals surface area contributed by atoms with Crippen molar-refractivity contribution in [3.63, 3.8) is 0 Å². The van der Waals surface area contributed by atoms with Crippen LogP contribution in [0.1, 0.15) is 23.1 Å². The van der Waals surface area contributed by atoms with E-state index in [0.717, 1.165) is 0 Å². The lowest BCUT2D eigenvalue weighted by molar-refractivity contribution is -0.119. The number of amides is 2. The number of H-pyrrole nitrogens is 1. The Balaban J connectivity index is 1.54. The Hall–Kier alpha value is -3.68. The molecule has 162 valence electrons. The van der Waals surface area contributed by atoms with Gasteiger partial charge in [0.05, 0.1) is 11.4 Å². The van der Waals surface area contributed by atoms with Crippen LogP contribution in [0.5, 0.6) is 0 Å². The summed E-state index contributed by atoms with van der Waals surface area (Å²) in [6.45, 7) is 3.09. The lowest BCUT2D eigenvalue weighted by Crippen LogP contribution is -2.18. The van der Waals surface area contributed by atoms with E-state index in [4.69, 9.17) is 9.63 Å². The van der Waals surface area contributed by atoms with Crippen LogP contribution in [0.2, 0.25) is 0 Å². The van der Waals surface area contributed by atoms with Gasteiger partial charge in [0, 0.05) is 0 Å². The highest BCUT2D eigenvalue weighted by molar-refractivity contribution is 7.71. The first kappa shape index (κ1) is 20.6. The Bertz CT molecular complexity index is 1250. The van der Waals surface area contributed by atoms with Gasteiger partial charge >= 0.3 is 6.09 Å². The third kappa shape index (κ3) is 3.65. The van der Waals surface area contributed by atoms with Crippen LogP contribution in [-0.4, -0.2) is 43.3 Å². The molecular formula is C17H14F2N6O5S. The maximum Gasteiger partial charge on any atom is 0.409 e. The largest absolute Gasteiger partial charge is 0.465 e. The zero-order chi connectivity index (χ0) is 22.5. The van der Waals surface area contributed by atoms with Crippen molar-refractivity contribution in [1.29, 1.82) is 0 Å². The summed E-state index contributed by atoms with van der Waals surface area (Å²) in [5.74, 6) is -7.46. The minimum atomic E-state index is -3.31. The predicted molar refractivity (Wildman–Crippen MR) is 102 cm³/mol. The van der Waals surface area contributed by atoms with Gasteiger partial charge in [-0.2, -0.15) is 0 Å². The number of rotatable bonds is 5. The van der Waals surface area contributed by atoms with E-state index < -0.39 is 29.8 Å². The SMILES string of the molecule is Cc1nc(-c2onc(C)c2NC(=O)O)ccc1NC(=O)C1C(c2noc(=S)[nH]2)C1(F)F. The molecule has 1 fully saturated rings. The standard InChI is InChI=1S/C17H14F2N6O5S/c1-5-7(3-4-8(20-5)12-11(22-15(27)28)6(2)24-29-12)21-14(26)10-9(17(10,18)19)13-23-16(31)30-25-13/h3-4,9-10,22H,1-2H3,(H,21,26)(H,27,28)(H,23,25,31). The molecule has 2 unspecified atom stereocenters. The quantitative estimate of drug-likeness (QED) is 0.425. The molecule has 3 heterocycles. The Labute approximate surface area is 176 Å². The Morgan fingerprint density at radius 2 is 1.94 bits per heavy atom. The van der Waals surface area contributed by atoms with E-state index >= 15 is 0 Å². The summed E-state index contributed by atoms with van der Waals surface area (Å²) < 4.78 is 38.1. The molecule has 1 aliphatic carbocycles. The highest BCUT2D eigenvalue weighted by Crippen LogP contribution is 2.61. The first-order chi connectivity index (χ1) is 14.6. The van der Waals surface area contributed by atoms with Crippen molar-refractivity contribution in [2.75, 3.05) is 10.6 Å². The molecular weight excluding hydrogens is 438 g/mol. The summed E-state index contributed by atoms with van der Waals surface area (Å²) >= 11 is 4.68. The van der Waals surface area contributed by atoms with E-state index in [9.17, 15) is 18.4 Å². The molecule has 3 aromatic rings. The first-order valence-electron chi connectivity index (χ1n) is 8.78. The van der Waals surface area contributed by atoms with Gasteiger partial charge < -0.3 is 19.5 Å². The van der Waals surface area contributed by atoms with E-state index in [1.54, 1.807) is 13.8 Å². The third-order valence-corrected chi connectivity index (χ3v) is 4.94. The molecule has 1 saturated carbocycles. The van der Waals surface area contributed by atoms with Crippen molar-refractivity contribution in [3.05, 3.63) is 34.2 Å². The highest BCUT2D eigenvalue weighted by Gasteiger charge is 2.74. The maximum atomic E-state index is 14.2. The highest BCUT2D eigenvalue weighted by atomic mass is 32.1. The molecule has 2 atom stereocenters. The number of hydrogen-bond donors (Lipinski definition) is 4. The first-order valence-corrected chi connectivity index (χ1v) is 9.19. The number of alkyl halides is 2. The van der Waals surface area contributed by atoms with Crippen LogP contribution in [0.4, 0.5) is 25.0 Å². The number of hydrogen-bond acceptors (Lipinski definition) is 8. The summed E-state index contributed by atoms with van der Waals surface area (Å²) in [6.07, 6.45) is -1.31. The number of nitrogens with one attached hydrogen (secondary N) is 3. The Morgan fingerprint density at radius 1 is 1.19 bits per heavy atom. The van der Waals surface area contributed by atoms with Crippen LogP contribution in [0.15, 0.2) is 21.2 Å². The van der Waals surface area contributed by atoms with E-state index in [2.05, 4.69) is 47.7 Å². The average Bonchev–Trinajstić information content (AvgIpc) is 2.96. The number of nitrogens with zero attached hydrogens (tertiary/aromatic N) is 3. The van der Waals surface area contributed by atoms with Crippen molar-refractivity contribution in [2.45, 2.75) is 25.7 Å². The average molecular weight is 452 g/mol. The molecule has 2 amide bonds. The van der Waals surface area contributed by atoms with Crippen molar-refractivity contribution in [2.24, 2.45) is 5.92 Å². The number of aryl methyl sites for hydroxylation is 2. The molecule has 3 aromatic heterocycles. The molecule has 31 heavy (non-hydrogen) atoms. The topological polar surface area (TPSA) is 159 Å². The van der Waals surface area contributed by atoms with Crippen molar-refractivity contribution in [3.8, 4) is 11.5 Å². The zero-order valence-electron chi connectivity index (χ0n) is 15.9. The van der Waals surface area contributed by atoms with Gasteiger partial charge in [0.1, 0.15) is 28.9 Å². The number of aromatic nitrogens is 4. The van der Waals surface area contributed by atoms with Gasteiger partial charge in [-0.15, -0.1) is 0 Å². The van der Waals surface area contributed by atoms with Crippen LogP contribution in [0, 0.1) is 24.6 Å². The molecule has 0 aliphatic heterocycles. The summed E-state index contributed by atoms with van der Waals surface area (Å²) in [4.78, 5) is 29.9. The van der Waals surface area contributed by atoms with Crippen molar-refractivity contribution < 1.29 is 32.5 Å². The normalized spacial score (nSPS) is 19.1. The fourth-order valence-electron chi connectivity index (χ4n) is 3.20. The maximum absolute atomic E-state index is 14.2. The summed E-state index contributed by atoms with van der Waals surface area (Å²) in [5, 5.41) is 20.7. The number of aromatic amines is 1. The number of carboxylic acid groups (broad SMARTS) is 1. The van der Waals surface area contributed by atoms with E-state index in [0.29, 0.717) is 11.4 Å². The van der Waals surface area contributed by atoms with Gasteiger partial charge in [-0.1, -0.05) is 10.3 Å². The van der Waals surface area contributed by atoms with Crippen LogP contribution in [-0.2, 0) is 4.79 Å². The van der Waals surface area contributed by atoms with Crippen LogP contribution in [0.3, 0.4) is 0 Å². The molecule has 0 saturated heterocycles. The van der Waals surface area contributed by atoms with E-state index in [-0.39, 0.29) is 33.5 Å². The Morgan fingerprint density at radius 3 is 2.55 bits per heavy atom. The molecule has 0 radical (unpaired) electrons. The van der Waals surface area contributed by atoms with E-state index in [1.807, 2.05) is 0 Å². The minimum absolute atomic E-state index is 0.0796. The number of pyridine rings is 1. The molecule has 0 bridgehead atoms. The van der Waals surface area contributed by atoms with Crippen molar-refractivity contribution in [1.82, 2.24) is 20.3 Å². The number of carbonyl (C=O) groups excluding carboxylic acids is 1. The van der Waals surface area contributed by atoms with Gasteiger partial charge in [0.2, 0.25) is 11.7 Å². The van der Waals surface area contributed by atoms with Gasteiger partial charge in [-0.25, -0.2) is 18.6 Å². The second-order valence-corrected chi connectivity index (χ2v) is 7.20. The number of halogens is 2. The summed E-state index contributed by atoms with van der Waals surface area (Å²) in [6, 6.07) is 2.88. The summed E-state index contributed by atoms with van der Waals surface area (Å²) in [7, 11) is 0. The monoisotopic (exact) mass is 452 g/mol. The molecule has 1 aliphatic rings. The summed E-state index contributed by atoms with van der Waals surface area (Å²) in [5.41, 5.74) is 1.17. The second-order valence-electron chi connectivity index (χ2n) is 6.83. The van der Waals surface area contributed by atoms with Crippen molar-refractivity contribution >= 4 is 35.6 Å². The van der Waals surface area contributed by atoms with Crippen LogP contribution in [0.25, 0.3) is 11.5 Å².